The molecule has 0 radical (unpaired) electrons. The van der Waals surface area contributed by atoms with Crippen LogP contribution < -0.4 is 5.32 Å². The Morgan fingerprint density at radius 3 is 2.45 bits per heavy atom. The van der Waals surface area contributed by atoms with E-state index in [1.54, 1.807) is 0 Å². The maximum Gasteiger partial charge on any atom is 0.253 e. The average Bonchev–Trinajstić information content (AvgIpc) is 2.61. The van der Waals surface area contributed by atoms with E-state index >= 15 is 0 Å². The number of benzene rings is 2. The van der Waals surface area contributed by atoms with Gasteiger partial charge in [0.1, 0.15) is 0 Å². The van der Waals surface area contributed by atoms with Crippen molar-refractivity contribution in [2.45, 2.75) is 25.4 Å². The molecule has 3 nitrogen and oxygen atoms in total. The number of nitrogens with one attached hydrogen (secondary N) is 1. The smallest absolute Gasteiger partial charge is 0.253 e. The largest absolute Gasteiger partial charge is 0.337 e. The number of hydrogen-bond acceptors (Lipinski definition) is 2. The molecule has 2 aromatic rings. The van der Waals surface area contributed by atoms with Crippen molar-refractivity contribution >= 4 is 5.91 Å². The van der Waals surface area contributed by atoms with Gasteiger partial charge in [0.25, 0.3) is 5.91 Å². The first kappa shape index (κ1) is 14.8. The zero-order valence-corrected chi connectivity index (χ0v) is 12.7. The van der Waals surface area contributed by atoms with Crippen LogP contribution in [-0.2, 0) is 6.54 Å². The van der Waals surface area contributed by atoms with Crippen molar-refractivity contribution < 1.29 is 4.79 Å². The predicted molar refractivity (Wildman–Crippen MR) is 88.6 cm³/mol. The average molecular weight is 294 g/mol. The Morgan fingerprint density at radius 1 is 1.05 bits per heavy atom. The molecule has 1 amide bonds. The fourth-order valence-electron chi connectivity index (χ4n) is 2.95. The van der Waals surface area contributed by atoms with E-state index in [1.165, 1.54) is 5.56 Å². The summed E-state index contributed by atoms with van der Waals surface area (Å²) in [6.45, 7) is 2.51. The van der Waals surface area contributed by atoms with Gasteiger partial charge in [-0.25, -0.2) is 0 Å². The van der Waals surface area contributed by atoms with E-state index in [9.17, 15) is 4.79 Å². The molecule has 1 saturated heterocycles. The van der Waals surface area contributed by atoms with Crippen molar-refractivity contribution in [1.29, 1.82) is 0 Å². The number of carbonyl (C=O) groups is 1. The van der Waals surface area contributed by atoms with Gasteiger partial charge in [0.15, 0.2) is 0 Å². The summed E-state index contributed by atoms with van der Waals surface area (Å²) in [6.07, 6.45) is 2.19. The summed E-state index contributed by atoms with van der Waals surface area (Å²) >= 11 is 0. The summed E-state index contributed by atoms with van der Waals surface area (Å²) < 4.78 is 0. The first-order valence-electron chi connectivity index (χ1n) is 7.94. The first-order chi connectivity index (χ1) is 10.8. The summed E-state index contributed by atoms with van der Waals surface area (Å²) in [6, 6.07) is 20.3. The number of carbonyl (C=O) groups excluding carboxylic acids is 1. The fraction of sp³-hybridized carbons (Fsp3) is 0.316. The number of hydrogen-bond donors (Lipinski definition) is 1. The van der Waals surface area contributed by atoms with Gasteiger partial charge in [0.2, 0.25) is 0 Å². The van der Waals surface area contributed by atoms with Gasteiger partial charge < -0.3 is 10.2 Å². The molecule has 0 bridgehead atoms. The van der Waals surface area contributed by atoms with E-state index in [4.69, 9.17) is 0 Å². The molecule has 1 atom stereocenters. The Kier molecular flexibility index (Phi) is 4.86. The van der Waals surface area contributed by atoms with Crippen molar-refractivity contribution in [2.75, 3.05) is 13.1 Å². The quantitative estimate of drug-likeness (QED) is 0.940. The van der Waals surface area contributed by atoms with Crippen molar-refractivity contribution in [2.24, 2.45) is 0 Å². The first-order valence-corrected chi connectivity index (χ1v) is 7.94. The van der Waals surface area contributed by atoms with E-state index in [0.29, 0.717) is 6.04 Å². The maximum absolute atomic E-state index is 12.5. The SMILES string of the molecule is O=C(c1ccccc1)N1CCCC(NCc2ccccc2)C1. The molecular formula is C19H22N2O. The predicted octanol–water partition coefficient (Wildman–Crippen LogP) is 3.08. The summed E-state index contributed by atoms with van der Waals surface area (Å²) in [5.41, 5.74) is 2.07. The van der Waals surface area contributed by atoms with Crippen LogP contribution >= 0.6 is 0 Å². The molecule has 0 aromatic heterocycles. The van der Waals surface area contributed by atoms with Gasteiger partial charge in [-0.2, -0.15) is 0 Å². The van der Waals surface area contributed by atoms with Gasteiger partial charge in [0, 0.05) is 31.2 Å². The zero-order chi connectivity index (χ0) is 15.2. The number of rotatable bonds is 4. The Balaban J connectivity index is 1.56. The lowest BCUT2D eigenvalue weighted by atomic mass is 10.0. The number of likely N-dealkylation sites (tertiary alicyclic amines) is 1. The van der Waals surface area contributed by atoms with Crippen LogP contribution in [0.4, 0.5) is 0 Å². The molecule has 1 aliphatic rings. The van der Waals surface area contributed by atoms with E-state index in [-0.39, 0.29) is 5.91 Å². The molecule has 22 heavy (non-hydrogen) atoms. The summed E-state index contributed by atoms with van der Waals surface area (Å²) in [5, 5.41) is 3.58. The van der Waals surface area contributed by atoms with E-state index in [1.807, 2.05) is 41.3 Å². The molecule has 3 rings (SSSR count). The summed E-state index contributed by atoms with van der Waals surface area (Å²) in [4.78, 5) is 14.5. The van der Waals surface area contributed by atoms with Gasteiger partial charge in [-0.3, -0.25) is 4.79 Å². The zero-order valence-electron chi connectivity index (χ0n) is 12.7. The lowest BCUT2D eigenvalue weighted by Crippen LogP contribution is -2.47. The minimum absolute atomic E-state index is 0.145. The molecule has 1 unspecified atom stereocenters. The van der Waals surface area contributed by atoms with E-state index in [0.717, 1.165) is 38.0 Å². The van der Waals surface area contributed by atoms with Crippen LogP contribution in [0.15, 0.2) is 60.7 Å². The van der Waals surface area contributed by atoms with Gasteiger partial charge in [0.05, 0.1) is 0 Å². The second kappa shape index (κ2) is 7.23. The van der Waals surface area contributed by atoms with Crippen molar-refractivity contribution in [1.82, 2.24) is 10.2 Å². The third-order valence-corrected chi connectivity index (χ3v) is 4.17. The van der Waals surface area contributed by atoms with Gasteiger partial charge >= 0.3 is 0 Å². The number of nitrogens with zero attached hydrogens (tertiary/aromatic N) is 1. The van der Waals surface area contributed by atoms with Crippen LogP contribution in [0, 0.1) is 0 Å². The van der Waals surface area contributed by atoms with Crippen molar-refractivity contribution in [3.05, 3.63) is 71.8 Å². The van der Waals surface area contributed by atoms with Crippen LogP contribution in [0.1, 0.15) is 28.8 Å². The molecule has 0 spiro atoms. The third kappa shape index (κ3) is 3.74. The van der Waals surface area contributed by atoms with Crippen LogP contribution in [0.25, 0.3) is 0 Å². The third-order valence-electron chi connectivity index (χ3n) is 4.17. The molecule has 1 fully saturated rings. The molecule has 1 heterocycles. The molecule has 0 aliphatic carbocycles. The topological polar surface area (TPSA) is 32.3 Å². The van der Waals surface area contributed by atoms with Gasteiger partial charge in [-0.15, -0.1) is 0 Å². The minimum Gasteiger partial charge on any atom is -0.337 e. The Morgan fingerprint density at radius 2 is 1.73 bits per heavy atom. The van der Waals surface area contributed by atoms with Crippen molar-refractivity contribution in [3.63, 3.8) is 0 Å². The fourth-order valence-corrected chi connectivity index (χ4v) is 2.95. The summed E-state index contributed by atoms with van der Waals surface area (Å²) in [7, 11) is 0. The molecule has 1 aliphatic heterocycles. The lowest BCUT2D eigenvalue weighted by Gasteiger charge is -2.33. The molecular weight excluding hydrogens is 272 g/mol. The molecule has 2 aromatic carbocycles. The highest BCUT2D eigenvalue weighted by molar-refractivity contribution is 5.94. The van der Waals surface area contributed by atoms with Crippen LogP contribution in [0.3, 0.4) is 0 Å². The highest BCUT2D eigenvalue weighted by Gasteiger charge is 2.23. The highest BCUT2D eigenvalue weighted by atomic mass is 16.2. The standard InChI is InChI=1S/C19H22N2O/c22-19(17-10-5-2-6-11-17)21-13-7-12-18(15-21)20-14-16-8-3-1-4-9-16/h1-6,8-11,18,20H,7,12-15H2. The van der Waals surface area contributed by atoms with Crippen LogP contribution in [0.5, 0.6) is 0 Å². The maximum atomic E-state index is 12.5. The molecule has 114 valence electrons. The Hall–Kier alpha value is -2.13. The van der Waals surface area contributed by atoms with Gasteiger partial charge in [-0.05, 0) is 30.5 Å². The minimum atomic E-state index is 0.145. The highest BCUT2D eigenvalue weighted by Crippen LogP contribution is 2.14. The molecule has 3 heteroatoms. The normalized spacial score (nSPS) is 18.2. The van der Waals surface area contributed by atoms with Crippen LogP contribution in [-0.4, -0.2) is 29.9 Å². The van der Waals surface area contributed by atoms with E-state index in [2.05, 4.69) is 29.6 Å². The molecule has 1 N–H and O–H groups in total. The van der Waals surface area contributed by atoms with E-state index < -0.39 is 0 Å². The number of amides is 1. The molecule has 0 saturated carbocycles. The second-order valence-electron chi connectivity index (χ2n) is 5.82. The second-order valence-corrected chi connectivity index (χ2v) is 5.82. The van der Waals surface area contributed by atoms with Crippen LogP contribution in [0.2, 0.25) is 0 Å². The summed E-state index contributed by atoms with van der Waals surface area (Å²) in [5.74, 6) is 0.145. The van der Waals surface area contributed by atoms with Gasteiger partial charge in [-0.1, -0.05) is 48.5 Å². The monoisotopic (exact) mass is 294 g/mol. The Labute approximate surface area is 132 Å². The van der Waals surface area contributed by atoms with Crippen molar-refractivity contribution in [3.8, 4) is 0 Å². The Bertz CT molecular complexity index is 597. The number of piperidine rings is 1. The lowest BCUT2D eigenvalue weighted by molar-refractivity contribution is 0.0694.